The van der Waals surface area contributed by atoms with E-state index in [0.29, 0.717) is 26.2 Å². The fraction of sp³-hybridized carbons (Fsp3) is 0.480. The average Bonchev–Trinajstić information content (AvgIpc) is 2.79. The standard InChI is InChI=1S/C25H33N5O3/c1-18(28(2)3)25(32)29-13-10-23(11-14-29)33-22-8-6-20(7-9-22)27-24(31)19-16-30(17-19)21-5-4-12-26-15-21/h4-9,12,15,18-19,23H,10-11,13-14,16-17H2,1-3H3,(H,27,31)/t18-/m0/s1. The van der Waals surface area contributed by atoms with E-state index in [1.165, 1.54) is 0 Å². The largest absolute Gasteiger partial charge is 0.490 e. The van der Waals surface area contributed by atoms with Crippen molar-refractivity contribution in [3.63, 3.8) is 0 Å². The van der Waals surface area contributed by atoms with Crippen LogP contribution in [0.4, 0.5) is 11.4 Å². The van der Waals surface area contributed by atoms with E-state index in [-0.39, 0.29) is 29.9 Å². The third-order valence-electron chi connectivity index (χ3n) is 6.57. The first-order chi connectivity index (χ1) is 15.9. The molecule has 176 valence electrons. The summed E-state index contributed by atoms with van der Waals surface area (Å²) in [5, 5.41) is 3.00. The van der Waals surface area contributed by atoms with E-state index in [1.807, 2.05) is 73.4 Å². The molecule has 2 aromatic rings. The lowest BCUT2D eigenvalue weighted by Gasteiger charge is -2.39. The number of likely N-dealkylation sites (tertiary alicyclic amines) is 1. The molecule has 1 atom stereocenters. The molecule has 2 aliphatic rings. The molecule has 33 heavy (non-hydrogen) atoms. The third kappa shape index (κ3) is 5.63. The number of carbonyl (C=O) groups is 2. The Hall–Kier alpha value is -3.13. The number of likely N-dealkylation sites (N-methyl/N-ethyl adjacent to an activating group) is 1. The number of aromatic nitrogens is 1. The number of piperidine rings is 1. The van der Waals surface area contributed by atoms with Gasteiger partial charge in [-0.15, -0.1) is 0 Å². The maximum Gasteiger partial charge on any atom is 0.239 e. The average molecular weight is 452 g/mol. The normalized spacial score (nSPS) is 18.1. The highest BCUT2D eigenvalue weighted by molar-refractivity contribution is 5.94. The second-order valence-electron chi connectivity index (χ2n) is 9.11. The second-order valence-corrected chi connectivity index (χ2v) is 9.11. The Balaban J connectivity index is 1.20. The van der Waals surface area contributed by atoms with Gasteiger partial charge in [0, 0.05) is 50.9 Å². The number of hydrogen-bond donors (Lipinski definition) is 1. The smallest absolute Gasteiger partial charge is 0.239 e. The Morgan fingerprint density at radius 3 is 2.42 bits per heavy atom. The topological polar surface area (TPSA) is 78.0 Å². The van der Waals surface area contributed by atoms with Crippen molar-refractivity contribution in [2.75, 3.05) is 50.5 Å². The Morgan fingerprint density at radius 1 is 1.12 bits per heavy atom. The van der Waals surface area contributed by atoms with Crippen LogP contribution < -0.4 is 15.0 Å². The van der Waals surface area contributed by atoms with E-state index < -0.39 is 0 Å². The van der Waals surface area contributed by atoms with Crippen LogP contribution in [-0.2, 0) is 9.59 Å². The predicted molar refractivity (Wildman–Crippen MR) is 128 cm³/mol. The van der Waals surface area contributed by atoms with Gasteiger partial charge >= 0.3 is 0 Å². The fourth-order valence-electron chi connectivity index (χ4n) is 4.13. The van der Waals surface area contributed by atoms with E-state index in [2.05, 4.69) is 15.2 Å². The monoisotopic (exact) mass is 451 g/mol. The Labute approximate surface area is 195 Å². The summed E-state index contributed by atoms with van der Waals surface area (Å²) in [5.74, 6) is 0.969. The van der Waals surface area contributed by atoms with Crippen molar-refractivity contribution in [3.8, 4) is 5.75 Å². The summed E-state index contributed by atoms with van der Waals surface area (Å²) in [6.45, 7) is 4.77. The summed E-state index contributed by atoms with van der Waals surface area (Å²) in [7, 11) is 3.85. The van der Waals surface area contributed by atoms with E-state index >= 15 is 0 Å². The van der Waals surface area contributed by atoms with Crippen molar-refractivity contribution in [2.24, 2.45) is 5.92 Å². The lowest BCUT2D eigenvalue weighted by Crippen LogP contribution is -2.52. The van der Waals surface area contributed by atoms with Gasteiger partial charge < -0.3 is 19.9 Å². The number of pyridine rings is 1. The van der Waals surface area contributed by atoms with Crippen LogP contribution >= 0.6 is 0 Å². The number of nitrogens with one attached hydrogen (secondary N) is 1. The second kappa shape index (κ2) is 10.2. The molecule has 1 aromatic carbocycles. The van der Waals surface area contributed by atoms with E-state index in [1.54, 1.807) is 6.20 Å². The fourth-order valence-corrected chi connectivity index (χ4v) is 4.13. The summed E-state index contributed by atoms with van der Waals surface area (Å²) in [6.07, 6.45) is 5.30. The van der Waals surface area contributed by atoms with Gasteiger partial charge in [-0.1, -0.05) is 0 Å². The van der Waals surface area contributed by atoms with Crippen LogP contribution in [0.1, 0.15) is 19.8 Å². The molecule has 2 fully saturated rings. The zero-order valence-corrected chi connectivity index (χ0v) is 19.6. The number of ether oxygens (including phenoxy) is 1. The van der Waals surface area contributed by atoms with Crippen molar-refractivity contribution >= 4 is 23.2 Å². The first-order valence-electron chi connectivity index (χ1n) is 11.6. The molecule has 2 aliphatic heterocycles. The van der Waals surface area contributed by atoms with Crippen molar-refractivity contribution in [3.05, 3.63) is 48.8 Å². The van der Waals surface area contributed by atoms with Gasteiger partial charge in [0.15, 0.2) is 0 Å². The van der Waals surface area contributed by atoms with Crippen LogP contribution in [0, 0.1) is 5.92 Å². The van der Waals surface area contributed by atoms with Crippen molar-refractivity contribution in [1.29, 1.82) is 0 Å². The maximum atomic E-state index is 12.5. The molecule has 3 heterocycles. The molecule has 1 N–H and O–H groups in total. The summed E-state index contributed by atoms with van der Waals surface area (Å²) in [6, 6.07) is 11.3. The Bertz CT molecular complexity index is 936. The highest BCUT2D eigenvalue weighted by atomic mass is 16.5. The van der Waals surface area contributed by atoms with E-state index in [0.717, 1.165) is 30.0 Å². The van der Waals surface area contributed by atoms with Crippen LogP contribution in [0.15, 0.2) is 48.8 Å². The molecule has 0 bridgehead atoms. The quantitative estimate of drug-likeness (QED) is 0.697. The summed E-state index contributed by atoms with van der Waals surface area (Å²) in [4.78, 5) is 35.2. The predicted octanol–water partition coefficient (Wildman–Crippen LogP) is 2.48. The number of amides is 2. The highest BCUT2D eigenvalue weighted by Gasteiger charge is 2.33. The molecule has 0 aliphatic carbocycles. The zero-order valence-electron chi connectivity index (χ0n) is 19.6. The van der Waals surface area contributed by atoms with Crippen LogP contribution in [0.3, 0.4) is 0 Å². The first kappa shape index (κ1) is 23.0. The minimum Gasteiger partial charge on any atom is -0.490 e. The highest BCUT2D eigenvalue weighted by Crippen LogP contribution is 2.26. The van der Waals surface area contributed by atoms with Crippen molar-refractivity contribution in [1.82, 2.24) is 14.8 Å². The minimum absolute atomic E-state index is 0.0239. The number of anilines is 2. The van der Waals surface area contributed by atoms with E-state index in [4.69, 9.17) is 4.74 Å². The molecule has 0 radical (unpaired) electrons. The van der Waals surface area contributed by atoms with Crippen LogP contribution in [0.2, 0.25) is 0 Å². The molecule has 1 aromatic heterocycles. The lowest BCUT2D eigenvalue weighted by atomic mass is 9.98. The summed E-state index contributed by atoms with van der Waals surface area (Å²) in [5.41, 5.74) is 1.82. The number of hydrogen-bond acceptors (Lipinski definition) is 6. The molecule has 2 amide bonds. The van der Waals surface area contributed by atoms with Crippen molar-refractivity contribution in [2.45, 2.75) is 31.9 Å². The number of rotatable bonds is 7. The number of carbonyl (C=O) groups excluding carboxylic acids is 2. The summed E-state index contributed by atoms with van der Waals surface area (Å²) < 4.78 is 6.12. The third-order valence-corrected chi connectivity index (χ3v) is 6.57. The molecule has 0 spiro atoms. The number of benzene rings is 1. The van der Waals surface area contributed by atoms with Gasteiger partial charge in [0.2, 0.25) is 11.8 Å². The van der Waals surface area contributed by atoms with Gasteiger partial charge in [-0.05, 0) is 57.4 Å². The van der Waals surface area contributed by atoms with Gasteiger partial charge in [0.05, 0.1) is 23.8 Å². The first-order valence-corrected chi connectivity index (χ1v) is 11.6. The van der Waals surface area contributed by atoms with E-state index in [9.17, 15) is 9.59 Å². The van der Waals surface area contributed by atoms with Crippen LogP contribution in [0.5, 0.6) is 5.75 Å². The van der Waals surface area contributed by atoms with Crippen molar-refractivity contribution < 1.29 is 14.3 Å². The SMILES string of the molecule is C[C@@H](C(=O)N1CCC(Oc2ccc(NC(=O)C3CN(c4cccnc4)C3)cc2)CC1)N(C)C. The molecule has 0 saturated carbocycles. The Kier molecular flexibility index (Phi) is 7.13. The zero-order chi connectivity index (χ0) is 23.4. The lowest BCUT2D eigenvalue weighted by molar-refractivity contribution is -0.137. The molecule has 0 unspecified atom stereocenters. The minimum atomic E-state index is -0.108. The molecular weight excluding hydrogens is 418 g/mol. The maximum absolute atomic E-state index is 12.5. The van der Waals surface area contributed by atoms with Crippen LogP contribution in [-0.4, -0.2) is 79.0 Å². The number of nitrogens with zero attached hydrogens (tertiary/aromatic N) is 4. The molecule has 4 rings (SSSR count). The molecule has 8 heteroatoms. The van der Waals surface area contributed by atoms with Gasteiger partial charge in [0.1, 0.15) is 11.9 Å². The molecular formula is C25H33N5O3. The van der Waals surface area contributed by atoms with Gasteiger partial charge in [0.25, 0.3) is 0 Å². The van der Waals surface area contributed by atoms with Crippen LogP contribution in [0.25, 0.3) is 0 Å². The van der Waals surface area contributed by atoms with Gasteiger partial charge in [-0.2, -0.15) is 0 Å². The van der Waals surface area contributed by atoms with Gasteiger partial charge in [-0.3, -0.25) is 19.5 Å². The molecule has 2 saturated heterocycles. The molecule has 8 nitrogen and oxygen atoms in total. The van der Waals surface area contributed by atoms with Gasteiger partial charge in [-0.25, -0.2) is 0 Å². The Morgan fingerprint density at radius 2 is 1.82 bits per heavy atom. The summed E-state index contributed by atoms with van der Waals surface area (Å²) >= 11 is 0.